The molecule has 14 heteroatoms. The summed E-state index contributed by atoms with van der Waals surface area (Å²) in [6.07, 6.45) is 0. The maximum absolute atomic E-state index is 11.6. The van der Waals surface area contributed by atoms with Crippen molar-refractivity contribution < 1.29 is 57.1 Å². The number of esters is 2. The van der Waals surface area contributed by atoms with Crippen molar-refractivity contribution in [3.63, 3.8) is 0 Å². The summed E-state index contributed by atoms with van der Waals surface area (Å²) in [5, 5.41) is 5.17. The van der Waals surface area contributed by atoms with Gasteiger partial charge in [0.2, 0.25) is 11.8 Å². The van der Waals surface area contributed by atoms with Crippen LogP contribution in [-0.2, 0) is 57.1 Å². The van der Waals surface area contributed by atoms with E-state index in [2.05, 4.69) is 10.6 Å². The summed E-state index contributed by atoms with van der Waals surface area (Å²) in [5.41, 5.74) is 0. The van der Waals surface area contributed by atoms with Crippen molar-refractivity contribution in [3.05, 3.63) is 0 Å². The Kier molecular flexibility index (Phi) is 18.5. The average molecular weight is 494 g/mol. The number of nitrogens with one attached hydrogen (secondary N) is 2. The van der Waals surface area contributed by atoms with E-state index in [1.165, 1.54) is 0 Å². The summed E-state index contributed by atoms with van der Waals surface area (Å²) < 4.78 is 40.9. The zero-order valence-corrected chi connectivity index (χ0v) is 19.2. The van der Waals surface area contributed by atoms with Crippen molar-refractivity contribution in [3.8, 4) is 0 Å². The molecule has 196 valence electrons. The molecule has 0 aromatic heterocycles. The Balaban J connectivity index is 2.24. The second kappa shape index (κ2) is 21.2. The van der Waals surface area contributed by atoms with E-state index in [0.717, 1.165) is 0 Å². The lowest BCUT2D eigenvalue weighted by Crippen LogP contribution is -2.32. The predicted octanol–water partition coefficient (Wildman–Crippen LogP) is -2.58. The average Bonchev–Trinajstić information content (AvgIpc) is 2.81. The highest BCUT2D eigenvalue weighted by Crippen LogP contribution is 1.87. The summed E-state index contributed by atoms with van der Waals surface area (Å²) in [7, 11) is 0. The third-order valence-corrected chi connectivity index (χ3v) is 3.77. The van der Waals surface area contributed by atoms with Gasteiger partial charge in [0.05, 0.1) is 52.9 Å². The van der Waals surface area contributed by atoms with E-state index in [1.807, 2.05) is 0 Å². The van der Waals surface area contributed by atoms with Crippen molar-refractivity contribution in [2.24, 2.45) is 0 Å². The molecule has 1 rings (SSSR count). The third-order valence-electron chi connectivity index (χ3n) is 3.77. The van der Waals surface area contributed by atoms with Gasteiger partial charge in [-0.1, -0.05) is 0 Å². The van der Waals surface area contributed by atoms with Crippen LogP contribution < -0.4 is 10.6 Å². The molecule has 0 bridgehead atoms. The number of carbonyl (C=O) groups excluding carboxylic acids is 4. The first-order valence-electron chi connectivity index (χ1n) is 10.9. The Bertz CT molecular complexity index is 492. The van der Waals surface area contributed by atoms with Crippen LogP contribution in [0.25, 0.3) is 0 Å². The van der Waals surface area contributed by atoms with Gasteiger partial charge in [0.15, 0.2) is 0 Å². The van der Waals surface area contributed by atoms with Gasteiger partial charge in [-0.15, -0.1) is 0 Å². The number of amides is 2. The van der Waals surface area contributed by atoms with Crippen LogP contribution in [0.2, 0.25) is 0 Å². The quantitative estimate of drug-likeness (QED) is 0.338. The van der Waals surface area contributed by atoms with Gasteiger partial charge in [-0.05, 0) is 0 Å². The van der Waals surface area contributed by atoms with E-state index in [9.17, 15) is 19.2 Å². The topological polar surface area (TPSA) is 166 Å². The van der Waals surface area contributed by atoms with Crippen LogP contribution in [0.3, 0.4) is 0 Å². The van der Waals surface area contributed by atoms with Crippen molar-refractivity contribution >= 4 is 23.8 Å². The molecule has 2 amide bonds. The third kappa shape index (κ3) is 19.1. The number of hydrogen-bond donors (Lipinski definition) is 2. The van der Waals surface area contributed by atoms with E-state index < -0.39 is 11.9 Å². The van der Waals surface area contributed by atoms with Crippen LogP contribution >= 0.6 is 0 Å². The minimum absolute atomic E-state index is 0.0328. The molecule has 14 nitrogen and oxygen atoms in total. The van der Waals surface area contributed by atoms with Gasteiger partial charge in [0.25, 0.3) is 0 Å². The first-order chi connectivity index (χ1) is 16.6. The van der Waals surface area contributed by atoms with Crippen LogP contribution in [0, 0.1) is 0 Å². The highest BCUT2D eigenvalue weighted by Gasteiger charge is 2.08. The molecule has 1 fully saturated rings. The van der Waals surface area contributed by atoms with Gasteiger partial charge < -0.3 is 48.5 Å². The molecule has 0 saturated carbocycles. The summed E-state index contributed by atoms with van der Waals surface area (Å²) in [6.45, 7) is 1.38. The summed E-state index contributed by atoms with van der Waals surface area (Å²) in [6, 6.07) is 0. The molecular formula is C20H34N2O12. The maximum atomic E-state index is 11.6. The second-order valence-corrected chi connectivity index (χ2v) is 6.58. The van der Waals surface area contributed by atoms with Crippen LogP contribution in [0.5, 0.6) is 0 Å². The van der Waals surface area contributed by atoms with Gasteiger partial charge in [-0.3, -0.25) is 9.59 Å². The van der Waals surface area contributed by atoms with Crippen molar-refractivity contribution in [2.75, 3.05) is 106 Å². The molecule has 1 aliphatic heterocycles. The molecule has 1 heterocycles. The molecule has 0 spiro atoms. The monoisotopic (exact) mass is 494 g/mol. The lowest BCUT2D eigenvalue weighted by molar-refractivity contribution is -0.153. The van der Waals surface area contributed by atoms with Gasteiger partial charge in [0, 0.05) is 13.1 Å². The number of hydrogen-bond acceptors (Lipinski definition) is 12. The largest absolute Gasteiger partial charge is 0.462 e. The molecule has 0 unspecified atom stereocenters. The highest BCUT2D eigenvalue weighted by atomic mass is 16.6. The Morgan fingerprint density at radius 1 is 0.412 bits per heavy atom. The molecule has 34 heavy (non-hydrogen) atoms. The standard InChI is InChI=1S/C20H34N2O12/c23-17-13-31-15-19(25)33-11-9-29-7-8-30-10-12-34-20(26)16-32-14-18(24)22-2-4-28-6-5-27-3-1-21-17/h1-16H2,(H,21,23)(H,22,24). The number of cyclic esters (lactones) is 2. The van der Waals surface area contributed by atoms with Crippen LogP contribution in [0.4, 0.5) is 0 Å². The molecule has 1 aliphatic rings. The van der Waals surface area contributed by atoms with E-state index in [0.29, 0.717) is 13.2 Å². The zero-order valence-electron chi connectivity index (χ0n) is 19.2. The first kappa shape index (κ1) is 29.7. The van der Waals surface area contributed by atoms with E-state index in [-0.39, 0.29) is 104 Å². The minimum Gasteiger partial charge on any atom is -0.462 e. The SMILES string of the molecule is O=C1COCC(=O)OCCOCCOCCOC(=O)COCC(=O)NCCOCCOCCN1. The van der Waals surface area contributed by atoms with Crippen molar-refractivity contribution in [1.82, 2.24) is 10.6 Å². The first-order valence-corrected chi connectivity index (χ1v) is 10.9. The molecule has 1 saturated heterocycles. The Morgan fingerprint density at radius 2 is 0.765 bits per heavy atom. The van der Waals surface area contributed by atoms with E-state index >= 15 is 0 Å². The summed E-state index contributed by atoms with van der Waals surface area (Å²) in [5.74, 6) is -1.99. The molecule has 0 aromatic rings. The Morgan fingerprint density at radius 3 is 1.18 bits per heavy atom. The number of carbonyl (C=O) groups is 4. The summed E-state index contributed by atoms with van der Waals surface area (Å²) in [4.78, 5) is 46.3. The molecule has 2 N–H and O–H groups in total. The van der Waals surface area contributed by atoms with Gasteiger partial charge in [-0.25, -0.2) is 9.59 Å². The normalized spacial score (nSPS) is 21.9. The van der Waals surface area contributed by atoms with Crippen molar-refractivity contribution in [2.45, 2.75) is 0 Å². The van der Waals surface area contributed by atoms with Crippen molar-refractivity contribution in [1.29, 1.82) is 0 Å². The van der Waals surface area contributed by atoms with Crippen LogP contribution in [0.1, 0.15) is 0 Å². The highest BCUT2D eigenvalue weighted by molar-refractivity contribution is 5.78. The molecule has 0 radical (unpaired) electrons. The molecule has 0 aromatic carbocycles. The molecule has 0 aliphatic carbocycles. The van der Waals surface area contributed by atoms with Gasteiger partial charge >= 0.3 is 11.9 Å². The predicted molar refractivity (Wildman–Crippen MR) is 113 cm³/mol. The zero-order chi connectivity index (χ0) is 24.7. The van der Waals surface area contributed by atoms with Crippen LogP contribution in [-0.4, -0.2) is 129 Å². The van der Waals surface area contributed by atoms with Gasteiger partial charge in [-0.2, -0.15) is 0 Å². The van der Waals surface area contributed by atoms with Gasteiger partial charge in [0.1, 0.15) is 39.6 Å². The fraction of sp³-hybridized carbons (Fsp3) is 0.800. The summed E-state index contributed by atoms with van der Waals surface area (Å²) >= 11 is 0. The van der Waals surface area contributed by atoms with E-state index in [4.69, 9.17) is 37.9 Å². The van der Waals surface area contributed by atoms with E-state index in [1.54, 1.807) is 0 Å². The lowest BCUT2D eigenvalue weighted by Gasteiger charge is -2.10. The maximum Gasteiger partial charge on any atom is 0.332 e. The molecular weight excluding hydrogens is 460 g/mol. The fourth-order valence-corrected chi connectivity index (χ4v) is 2.24. The Labute approximate surface area is 197 Å². The lowest BCUT2D eigenvalue weighted by atomic mass is 10.5. The van der Waals surface area contributed by atoms with Crippen LogP contribution in [0.15, 0.2) is 0 Å². The minimum atomic E-state index is -0.610. The molecule has 0 atom stereocenters. The second-order valence-electron chi connectivity index (χ2n) is 6.58. The fourth-order valence-electron chi connectivity index (χ4n) is 2.24. The number of rotatable bonds is 0. The smallest absolute Gasteiger partial charge is 0.332 e. The Hall–Kier alpha value is -2.36. The number of ether oxygens (including phenoxy) is 8.